The maximum atomic E-state index is 12.1. The van der Waals surface area contributed by atoms with Gasteiger partial charge in [-0.3, -0.25) is 0 Å². The van der Waals surface area contributed by atoms with Gasteiger partial charge in [-0.15, -0.1) is 0 Å². The second-order valence-corrected chi connectivity index (χ2v) is 5.83. The lowest BCUT2D eigenvalue weighted by atomic mass is 10.1. The summed E-state index contributed by atoms with van der Waals surface area (Å²) in [4.78, 5) is 20.4. The molecule has 0 radical (unpaired) electrons. The average Bonchev–Trinajstić information content (AvgIpc) is 2.79. The summed E-state index contributed by atoms with van der Waals surface area (Å²) in [6, 6.07) is 3.84. The average molecular weight is 288 g/mol. The number of urea groups is 1. The number of nitrogens with one attached hydrogen (secondary N) is 1. The Bertz CT molecular complexity index is 555. The van der Waals surface area contributed by atoms with Crippen molar-refractivity contribution in [1.29, 1.82) is 0 Å². The maximum absolute atomic E-state index is 12.1. The Morgan fingerprint density at radius 3 is 2.38 bits per heavy atom. The number of rotatable bonds is 2. The van der Waals surface area contributed by atoms with Crippen LogP contribution in [0.5, 0.6) is 0 Å². The normalized spacial score (nSPS) is 16.4. The fourth-order valence-corrected chi connectivity index (χ4v) is 2.58. The van der Waals surface area contributed by atoms with Crippen LogP contribution in [0.4, 0.5) is 16.2 Å². The predicted octanol–water partition coefficient (Wildman–Crippen LogP) is 3.03. The van der Waals surface area contributed by atoms with Crippen LogP contribution in [-0.4, -0.2) is 44.5 Å². The number of aliphatic imine (C=N–C) groups is 1. The Balaban J connectivity index is 2.18. The molecule has 1 aliphatic rings. The van der Waals surface area contributed by atoms with Crippen LogP contribution in [0, 0.1) is 13.8 Å². The number of likely N-dealkylation sites (tertiary alicyclic amines) is 1. The first-order chi connectivity index (χ1) is 9.88. The van der Waals surface area contributed by atoms with Crippen LogP contribution in [0.15, 0.2) is 17.1 Å². The molecule has 1 N–H and O–H groups in total. The van der Waals surface area contributed by atoms with Crippen molar-refractivity contribution in [3.05, 3.63) is 23.3 Å². The molecule has 1 aromatic rings. The standard InChI is InChI=1S/C16H24N4O/c1-11-9-13(19(3)4)10-12(2)15(11)18-16(21)17-14-7-6-8-20(14)5/h9-10H,6-8H2,1-5H3,(H,18,21)/b17-14+. The van der Waals surface area contributed by atoms with E-state index in [4.69, 9.17) is 0 Å². The van der Waals surface area contributed by atoms with E-state index in [1.807, 2.05) is 39.9 Å². The second-order valence-electron chi connectivity index (χ2n) is 5.83. The molecular weight excluding hydrogens is 264 g/mol. The lowest BCUT2D eigenvalue weighted by Gasteiger charge is -2.18. The van der Waals surface area contributed by atoms with Crippen molar-refractivity contribution < 1.29 is 4.79 Å². The first kappa shape index (κ1) is 15.4. The predicted molar refractivity (Wildman–Crippen MR) is 88.6 cm³/mol. The van der Waals surface area contributed by atoms with Crippen molar-refractivity contribution in [2.75, 3.05) is 37.9 Å². The number of benzene rings is 1. The highest BCUT2D eigenvalue weighted by Gasteiger charge is 2.16. The number of carbonyl (C=O) groups is 1. The van der Waals surface area contributed by atoms with Gasteiger partial charge in [0.25, 0.3) is 0 Å². The van der Waals surface area contributed by atoms with Gasteiger partial charge in [0.05, 0.1) is 0 Å². The molecule has 5 heteroatoms. The first-order valence-corrected chi connectivity index (χ1v) is 7.26. The van der Waals surface area contributed by atoms with Gasteiger partial charge in [0, 0.05) is 45.5 Å². The van der Waals surface area contributed by atoms with Gasteiger partial charge in [0.15, 0.2) is 0 Å². The van der Waals surface area contributed by atoms with E-state index in [0.29, 0.717) is 0 Å². The van der Waals surface area contributed by atoms with Gasteiger partial charge in [0.1, 0.15) is 5.84 Å². The van der Waals surface area contributed by atoms with E-state index in [-0.39, 0.29) is 6.03 Å². The maximum Gasteiger partial charge on any atom is 0.347 e. The monoisotopic (exact) mass is 288 g/mol. The summed E-state index contributed by atoms with van der Waals surface area (Å²) < 4.78 is 0. The highest BCUT2D eigenvalue weighted by Crippen LogP contribution is 2.26. The molecule has 0 aromatic heterocycles. The van der Waals surface area contributed by atoms with Crippen molar-refractivity contribution >= 4 is 23.2 Å². The van der Waals surface area contributed by atoms with Gasteiger partial charge in [-0.1, -0.05) is 0 Å². The van der Waals surface area contributed by atoms with Crippen LogP contribution in [0.3, 0.4) is 0 Å². The summed E-state index contributed by atoms with van der Waals surface area (Å²) in [7, 11) is 5.99. The molecule has 1 aliphatic heterocycles. The van der Waals surface area contributed by atoms with E-state index in [1.165, 1.54) is 0 Å². The molecular formula is C16H24N4O. The number of hydrogen-bond donors (Lipinski definition) is 1. The Morgan fingerprint density at radius 1 is 1.29 bits per heavy atom. The van der Waals surface area contributed by atoms with Crippen molar-refractivity contribution in [3.8, 4) is 0 Å². The van der Waals surface area contributed by atoms with Crippen molar-refractivity contribution in [3.63, 3.8) is 0 Å². The zero-order valence-corrected chi connectivity index (χ0v) is 13.5. The zero-order chi connectivity index (χ0) is 15.6. The summed E-state index contributed by atoms with van der Waals surface area (Å²) in [5.41, 5.74) is 4.08. The Kier molecular flexibility index (Phi) is 4.50. The van der Waals surface area contributed by atoms with E-state index in [0.717, 1.165) is 47.7 Å². The highest BCUT2D eigenvalue weighted by atomic mass is 16.2. The molecule has 1 heterocycles. The van der Waals surface area contributed by atoms with Crippen LogP contribution in [0.1, 0.15) is 24.0 Å². The lowest BCUT2D eigenvalue weighted by Crippen LogP contribution is -2.22. The Hall–Kier alpha value is -2.04. The fourth-order valence-electron chi connectivity index (χ4n) is 2.58. The molecule has 2 rings (SSSR count). The number of anilines is 2. The molecule has 114 valence electrons. The molecule has 0 saturated carbocycles. The van der Waals surface area contributed by atoms with Gasteiger partial charge in [0.2, 0.25) is 0 Å². The van der Waals surface area contributed by atoms with E-state index < -0.39 is 0 Å². The molecule has 1 aromatic carbocycles. The fraction of sp³-hybridized carbons (Fsp3) is 0.500. The van der Waals surface area contributed by atoms with Crippen LogP contribution in [-0.2, 0) is 0 Å². The minimum Gasteiger partial charge on any atom is -0.378 e. The quantitative estimate of drug-likeness (QED) is 0.910. The number of amides is 2. The van der Waals surface area contributed by atoms with E-state index in [9.17, 15) is 4.79 Å². The van der Waals surface area contributed by atoms with Crippen LogP contribution in [0.2, 0.25) is 0 Å². The number of aryl methyl sites for hydroxylation is 2. The topological polar surface area (TPSA) is 47.9 Å². The molecule has 1 saturated heterocycles. The molecule has 2 amide bonds. The van der Waals surface area contributed by atoms with Gasteiger partial charge >= 0.3 is 6.03 Å². The van der Waals surface area contributed by atoms with Crippen LogP contribution < -0.4 is 10.2 Å². The summed E-state index contributed by atoms with van der Waals surface area (Å²) in [5, 5.41) is 2.92. The van der Waals surface area contributed by atoms with Crippen LogP contribution in [0.25, 0.3) is 0 Å². The first-order valence-electron chi connectivity index (χ1n) is 7.26. The molecule has 0 bridgehead atoms. The van der Waals surface area contributed by atoms with E-state index >= 15 is 0 Å². The molecule has 0 spiro atoms. The third-order valence-electron chi connectivity index (χ3n) is 3.83. The lowest BCUT2D eigenvalue weighted by molar-refractivity contribution is 0.259. The molecule has 0 aliphatic carbocycles. The zero-order valence-electron chi connectivity index (χ0n) is 13.5. The number of hydrogen-bond acceptors (Lipinski definition) is 2. The smallest absolute Gasteiger partial charge is 0.347 e. The van der Waals surface area contributed by atoms with Crippen molar-refractivity contribution in [2.24, 2.45) is 4.99 Å². The SMILES string of the molecule is Cc1cc(N(C)C)cc(C)c1NC(=O)/N=C1\CCCN1C. The van der Waals surface area contributed by atoms with Crippen LogP contribution >= 0.6 is 0 Å². The van der Waals surface area contributed by atoms with Crippen molar-refractivity contribution in [1.82, 2.24) is 4.90 Å². The summed E-state index contributed by atoms with van der Waals surface area (Å²) in [5.74, 6) is 0.868. The van der Waals surface area contributed by atoms with E-state index in [2.05, 4.69) is 27.3 Å². The van der Waals surface area contributed by atoms with Gasteiger partial charge in [-0.05, 0) is 43.5 Å². The van der Waals surface area contributed by atoms with Gasteiger partial charge in [-0.25, -0.2) is 4.79 Å². The van der Waals surface area contributed by atoms with E-state index in [1.54, 1.807) is 0 Å². The summed E-state index contributed by atoms with van der Waals surface area (Å²) in [6.07, 6.45) is 1.94. The highest BCUT2D eigenvalue weighted by molar-refractivity contribution is 6.01. The number of nitrogens with zero attached hydrogens (tertiary/aromatic N) is 3. The second kappa shape index (κ2) is 6.16. The van der Waals surface area contributed by atoms with Crippen molar-refractivity contribution in [2.45, 2.75) is 26.7 Å². The Morgan fingerprint density at radius 2 is 1.90 bits per heavy atom. The molecule has 0 unspecified atom stereocenters. The minimum atomic E-state index is -0.289. The summed E-state index contributed by atoms with van der Waals surface area (Å²) in [6.45, 7) is 4.98. The third kappa shape index (κ3) is 3.54. The third-order valence-corrected chi connectivity index (χ3v) is 3.83. The molecule has 1 fully saturated rings. The Labute approximate surface area is 126 Å². The molecule has 5 nitrogen and oxygen atoms in total. The molecule has 0 atom stereocenters. The summed E-state index contributed by atoms with van der Waals surface area (Å²) >= 11 is 0. The minimum absolute atomic E-state index is 0.289. The largest absolute Gasteiger partial charge is 0.378 e. The molecule has 21 heavy (non-hydrogen) atoms. The number of amidine groups is 1. The van der Waals surface area contributed by atoms with Gasteiger partial charge < -0.3 is 15.1 Å². The number of carbonyl (C=O) groups excluding carboxylic acids is 1. The van der Waals surface area contributed by atoms with Gasteiger partial charge in [-0.2, -0.15) is 4.99 Å².